The molecule has 0 bridgehead atoms. The maximum absolute atomic E-state index is 13.5. The van der Waals surface area contributed by atoms with Gasteiger partial charge in [0, 0.05) is 24.6 Å². The molecule has 5 rings (SSSR count). The van der Waals surface area contributed by atoms with Crippen molar-refractivity contribution >= 4 is 28.8 Å². The summed E-state index contributed by atoms with van der Waals surface area (Å²) in [5.74, 6) is 0.104. The number of amides is 1. The van der Waals surface area contributed by atoms with Crippen molar-refractivity contribution in [2.24, 2.45) is 4.99 Å². The van der Waals surface area contributed by atoms with Crippen molar-refractivity contribution in [3.8, 4) is 5.75 Å². The number of nitrogens with one attached hydrogen (secondary N) is 1. The lowest BCUT2D eigenvalue weighted by Crippen LogP contribution is -2.38. The van der Waals surface area contributed by atoms with Gasteiger partial charge in [-0.1, -0.05) is 60.3 Å². The Morgan fingerprint density at radius 1 is 1.05 bits per heavy atom. The molecule has 0 aliphatic carbocycles. The predicted octanol–water partition coefficient (Wildman–Crippen LogP) is 5.89. The van der Waals surface area contributed by atoms with Gasteiger partial charge in [0.15, 0.2) is 5.17 Å². The number of hydrogen-bond acceptors (Lipinski definition) is 8. The highest BCUT2D eigenvalue weighted by Gasteiger charge is 2.41. The average Bonchev–Trinajstić information content (AvgIpc) is 3.36. The summed E-state index contributed by atoms with van der Waals surface area (Å²) >= 11 is 1.44. The minimum absolute atomic E-state index is 0.124. The number of ether oxygens (including phenoxy) is 2. The summed E-state index contributed by atoms with van der Waals surface area (Å²) < 4.78 is 11.8. The van der Waals surface area contributed by atoms with Gasteiger partial charge >= 0.3 is 5.97 Å². The first kappa shape index (κ1) is 28.2. The van der Waals surface area contributed by atoms with Crippen LogP contribution in [0.15, 0.2) is 106 Å². The van der Waals surface area contributed by atoms with Gasteiger partial charge < -0.3 is 19.7 Å². The number of rotatable bonds is 10. The SMILES string of the molecule is CC1=C(C(=O)OC(C)C)[C@H](c2cccc(OCc3ccccc3)c2)N2C(CC(=O)NCc3cccnc3)=CSC2=N1. The summed E-state index contributed by atoms with van der Waals surface area (Å²) in [5, 5.41) is 5.60. The molecule has 3 heterocycles. The van der Waals surface area contributed by atoms with Crippen molar-refractivity contribution in [1.82, 2.24) is 15.2 Å². The molecule has 9 heteroatoms. The molecule has 1 N–H and O–H groups in total. The minimum atomic E-state index is -0.540. The molecular weight excluding hydrogens is 536 g/mol. The van der Waals surface area contributed by atoms with Gasteiger partial charge in [0.25, 0.3) is 0 Å². The number of thioether (sulfide) groups is 1. The molecule has 2 aliphatic rings. The highest BCUT2D eigenvalue weighted by atomic mass is 32.2. The van der Waals surface area contributed by atoms with Crippen molar-refractivity contribution in [3.05, 3.63) is 118 Å². The molecule has 1 aromatic heterocycles. The van der Waals surface area contributed by atoms with Crippen LogP contribution in [0.4, 0.5) is 0 Å². The molecule has 1 amide bonds. The third-order valence-corrected chi connectivity index (χ3v) is 7.43. The van der Waals surface area contributed by atoms with E-state index in [4.69, 9.17) is 14.5 Å². The maximum atomic E-state index is 13.5. The van der Waals surface area contributed by atoms with Crippen molar-refractivity contribution in [1.29, 1.82) is 0 Å². The Labute approximate surface area is 244 Å². The van der Waals surface area contributed by atoms with Gasteiger partial charge in [-0.15, -0.1) is 0 Å². The number of allylic oxidation sites excluding steroid dienone is 1. The van der Waals surface area contributed by atoms with Crippen LogP contribution in [0.5, 0.6) is 5.75 Å². The number of aliphatic imine (C=N–C) groups is 1. The van der Waals surface area contributed by atoms with Gasteiger partial charge in [-0.3, -0.25) is 9.78 Å². The zero-order chi connectivity index (χ0) is 28.8. The fourth-order valence-electron chi connectivity index (χ4n) is 4.67. The van der Waals surface area contributed by atoms with Crippen LogP contribution in [-0.2, 0) is 27.5 Å². The standard InChI is InChI=1S/C32H32N4O4S/c1-21(2)40-31(38)29-22(3)35-32-36(26(20-41-32)16-28(37)34-18-24-11-8-14-33-17-24)30(29)25-12-7-13-27(15-25)39-19-23-9-5-4-6-10-23/h4-15,17,20-21,30H,16,18-19H2,1-3H3,(H,34,37)/t30-/m0/s1. The smallest absolute Gasteiger partial charge is 0.338 e. The molecule has 0 saturated carbocycles. The molecule has 0 fully saturated rings. The van der Waals surface area contributed by atoms with Gasteiger partial charge in [0.2, 0.25) is 5.91 Å². The molecule has 3 aromatic rings. The number of carbonyl (C=O) groups is 2. The molecule has 2 aromatic carbocycles. The van der Waals surface area contributed by atoms with E-state index in [2.05, 4.69) is 10.3 Å². The van der Waals surface area contributed by atoms with Crippen molar-refractivity contribution in [2.45, 2.75) is 52.5 Å². The number of amidine groups is 1. The summed E-state index contributed by atoms with van der Waals surface area (Å²) in [6.45, 7) is 6.26. The maximum Gasteiger partial charge on any atom is 0.338 e. The van der Waals surface area contributed by atoms with Crippen molar-refractivity contribution in [3.63, 3.8) is 0 Å². The van der Waals surface area contributed by atoms with Crippen LogP contribution in [-0.4, -0.2) is 33.0 Å². The lowest BCUT2D eigenvalue weighted by Gasteiger charge is -2.36. The first-order chi connectivity index (χ1) is 19.9. The molecule has 8 nitrogen and oxygen atoms in total. The van der Waals surface area contributed by atoms with Crippen LogP contribution in [0.2, 0.25) is 0 Å². The Kier molecular flexibility index (Phi) is 8.84. The first-order valence-electron chi connectivity index (χ1n) is 13.5. The van der Waals surface area contributed by atoms with E-state index >= 15 is 0 Å². The molecule has 210 valence electrons. The normalized spacial score (nSPS) is 16.2. The minimum Gasteiger partial charge on any atom is -0.489 e. The molecule has 1 atom stereocenters. The Bertz CT molecular complexity index is 1500. The van der Waals surface area contributed by atoms with E-state index < -0.39 is 12.0 Å². The molecule has 0 radical (unpaired) electrons. The fourth-order valence-corrected chi connectivity index (χ4v) is 5.63. The second-order valence-electron chi connectivity index (χ2n) is 10.0. The third kappa shape index (κ3) is 6.86. The van der Waals surface area contributed by atoms with E-state index in [0.29, 0.717) is 35.3 Å². The number of nitrogens with zero attached hydrogens (tertiary/aromatic N) is 3. The van der Waals surface area contributed by atoms with Crippen LogP contribution < -0.4 is 10.1 Å². The van der Waals surface area contributed by atoms with Gasteiger partial charge in [-0.2, -0.15) is 0 Å². The van der Waals surface area contributed by atoms with E-state index in [1.807, 2.05) is 97.8 Å². The van der Waals surface area contributed by atoms with Crippen LogP contribution in [0, 0.1) is 0 Å². The van der Waals surface area contributed by atoms with Crippen LogP contribution in [0.1, 0.15) is 49.9 Å². The quantitative estimate of drug-likeness (QED) is 0.305. The number of carbonyl (C=O) groups excluding carboxylic acids is 2. The molecule has 2 aliphatic heterocycles. The monoisotopic (exact) mass is 568 g/mol. The Balaban J connectivity index is 1.42. The Morgan fingerprint density at radius 3 is 2.61 bits per heavy atom. The van der Waals surface area contributed by atoms with Crippen LogP contribution in [0.25, 0.3) is 0 Å². The molecule has 0 unspecified atom stereocenters. The molecular formula is C32H32N4O4S. The van der Waals surface area contributed by atoms with Gasteiger partial charge in [0.1, 0.15) is 12.4 Å². The highest BCUT2D eigenvalue weighted by molar-refractivity contribution is 8.16. The zero-order valence-electron chi connectivity index (χ0n) is 23.2. The highest BCUT2D eigenvalue weighted by Crippen LogP contribution is 2.45. The van der Waals surface area contributed by atoms with Crippen molar-refractivity contribution in [2.75, 3.05) is 0 Å². The summed E-state index contributed by atoms with van der Waals surface area (Å²) in [6.07, 6.45) is 3.25. The van der Waals surface area contributed by atoms with Gasteiger partial charge in [0.05, 0.1) is 29.8 Å². The molecule has 41 heavy (non-hydrogen) atoms. The third-order valence-electron chi connectivity index (χ3n) is 6.54. The number of hydrogen-bond donors (Lipinski definition) is 1. The second-order valence-corrected chi connectivity index (χ2v) is 10.8. The van der Waals surface area contributed by atoms with Crippen molar-refractivity contribution < 1.29 is 19.1 Å². The topological polar surface area (TPSA) is 93.1 Å². The van der Waals surface area contributed by atoms with Gasteiger partial charge in [-0.05, 0) is 61.1 Å². The number of fused-ring (bicyclic) bond motifs is 1. The number of esters is 1. The summed E-state index contributed by atoms with van der Waals surface area (Å²) in [6, 6.07) is 20.9. The Hall–Kier alpha value is -4.37. The number of aromatic nitrogens is 1. The fraction of sp³-hybridized carbons (Fsp3) is 0.250. The first-order valence-corrected chi connectivity index (χ1v) is 14.3. The number of benzene rings is 2. The molecule has 0 spiro atoms. The number of pyridine rings is 1. The van der Waals surface area contributed by atoms with E-state index in [1.165, 1.54) is 11.8 Å². The van der Waals surface area contributed by atoms with Crippen LogP contribution in [0.3, 0.4) is 0 Å². The van der Waals surface area contributed by atoms with E-state index in [9.17, 15) is 9.59 Å². The van der Waals surface area contributed by atoms with E-state index in [1.54, 1.807) is 12.4 Å². The lowest BCUT2D eigenvalue weighted by molar-refractivity contribution is -0.143. The van der Waals surface area contributed by atoms with Crippen LogP contribution >= 0.6 is 11.8 Å². The zero-order valence-corrected chi connectivity index (χ0v) is 24.1. The van der Waals surface area contributed by atoms with Gasteiger partial charge in [-0.25, -0.2) is 9.79 Å². The van der Waals surface area contributed by atoms with E-state index in [0.717, 1.165) is 22.4 Å². The summed E-state index contributed by atoms with van der Waals surface area (Å²) in [5.41, 5.74) is 4.58. The predicted molar refractivity (Wildman–Crippen MR) is 160 cm³/mol. The summed E-state index contributed by atoms with van der Waals surface area (Å²) in [7, 11) is 0. The Morgan fingerprint density at radius 2 is 1.85 bits per heavy atom. The summed E-state index contributed by atoms with van der Waals surface area (Å²) in [4.78, 5) is 37.3. The van der Waals surface area contributed by atoms with E-state index in [-0.39, 0.29) is 18.4 Å². The average molecular weight is 569 g/mol. The molecule has 0 saturated heterocycles. The second kappa shape index (κ2) is 12.9. The lowest BCUT2D eigenvalue weighted by atomic mass is 9.93. The largest absolute Gasteiger partial charge is 0.489 e.